The molecule has 28 heavy (non-hydrogen) atoms. The Morgan fingerprint density at radius 1 is 0.929 bits per heavy atom. The van der Waals surface area contributed by atoms with Gasteiger partial charge in [0.1, 0.15) is 4.93 Å². The largest absolute Gasteiger partial charge is 0.364 e. The average molecular weight is 395 g/mol. The lowest BCUT2D eigenvalue weighted by atomic mass is 9.65. The van der Waals surface area contributed by atoms with Crippen LogP contribution < -0.4 is 0 Å². The number of rotatable bonds is 8. The third-order valence-corrected chi connectivity index (χ3v) is 8.69. The van der Waals surface area contributed by atoms with Crippen LogP contribution in [0.2, 0.25) is 0 Å². The molecule has 4 rings (SSSR count). The summed E-state index contributed by atoms with van der Waals surface area (Å²) in [6.07, 6.45) is 8.82. The van der Waals surface area contributed by atoms with Gasteiger partial charge in [-0.2, -0.15) is 0 Å². The summed E-state index contributed by atoms with van der Waals surface area (Å²) in [6, 6.07) is 22.4. The summed E-state index contributed by atoms with van der Waals surface area (Å²) in [5, 5.41) is 0.655. The first-order chi connectivity index (χ1) is 13.7. The van der Waals surface area contributed by atoms with Crippen LogP contribution in [0.4, 0.5) is 0 Å². The standard InChI is InChI=1S/C26H34OS/c1-3-4-12-21(2)28-26-18-11-17-25(26,19-20-27-26)24(22-13-7-5-8-14-22)23-15-9-6-10-16-23/h5-10,13-16,21,24H,3-4,11-12,17-20H2,1-2H3/t21-,25?,26?/m1/s1. The molecule has 0 amide bonds. The van der Waals surface area contributed by atoms with Crippen LogP contribution in [-0.2, 0) is 4.74 Å². The number of hydrogen-bond acceptors (Lipinski definition) is 2. The molecule has 0 radical (unpaired) electrons. The van der Waals surface area contributed by atoms with Crippen molar-refractivity contribution in [2.45, 2.75) is 74.9 Å². The smallest absolute Gasteiger partial charge is 0.120 e. The van der Waals surface area contributed by atoms with Crippen LogP contribution in [0.3, 0.4) is 0 Å². The second-order valence-electron chi connectivity index (χ2n) is 8.69. The van der Waals surface area contributed by atoms with Crippen LogP contribution in [0.25, 0.3) is 0 Å². The summed E-state index contributed by atoms with van der Waals surface area (Å²) in [7, 11) is 0. The lowest BCUT2D eigenvalue weighted by molar-refractivity contribution is 0.0301. The normalized spacial score (nSPS) is 27.8. The minimum atomic E-state index is -0.0312. The zero-order chi connectivity index (χ0) is 19.5. The minimum Gasteiger partial charge on any atom is -0.364 e. The predicted octanol–water partition coefficient (Wildman–Crippen LogP) is 7.42. The number of fused-ring (bicyclic) bond motifs is 1. The van der Waals surface area contributed by atoms with Gasteiger partial charge in [0.05, 0.1) is 0 Å². The van der Waals surface area contributed by atoms with Crippen LogP contribution in [0.5, 0.6) is 0 Å². The molecule has 2 unspecified atom stereocenters. The minimum absolute atomic E-state index is 0.0312. The summed E-state index contributed by atoms with van der Waals surface area (Å²) in [5.74, 6) is 0.408. The summed E-state index contributed by atoms with van der Waals surface area (Å²) in [4.78, 5) is -0.0312. The van der Waals surface area contributed by atoms with Gasteiger partial charge in [0.25, 0.3) is 0 Å². The van der Waals surface area contributed by atoms with E-state index in [1.165, 1.54) is 56.1 Å². The van der Waals surface area contributed by atoms with E-state index in [0.29, 0.717) is 11.2 Å². The quantitative estimate of drug-likeness (QED) is 0.461. The van der Waals surface area contributed by atoms with E-state index in [-0.39, 0.29) is 10.3 Å². The molecule has 1 aliphatic heterocycles. The molecule has 2 heteroatoms. The number of ether oxygens (including phenoxy) is 1. The number of benzene rings is 2. The third kappa shape index (κ3) is 3.55. The third-order valence-electron chi connectivity index (χ3n) is 6.94. The SMILES string of the molecule is CCCC[C@@H](C)SC12CCCC1(C(c1ccccc1)c1ccccc1)CCO2. The first kappa shape index (κ1) is 20.0. The molecule has 1 nitrogen and oxygen atoms in total. The molecular weight excluding hydrogens is 360 g/mol. The molecule has 1 aliphatic carbocycles. The lowest BCUT2D eigenvalue weighted by Gasteiger charge is -2.46. The van der Waals surface area contributed by atoms with Crippen LogP contribution in [0.1, 0.15) is 75.8 Å². The van der Waals surface area contributed by atoms with Gasteiger partial charge in [-0.1, -0.05) is 87.4 Å². The van der Waals surface area contributed by atoms with Crippen molar-refractivity contribution in [3.8, 4) is 0 Å². The monoisotopic (exact) mass is 394 g/mol. The van der Waals surface area contributed by atoms with E-state index >= 15 is 0 Å². The van der Waals surface area contributed by atoms with Crippen molar-refractivity contribution in [3.63, 3.8) is 0 Å². The van der Waals surface area contributed by atoms with E-state index in [4.69, 9.17) is 4.74 Å². The Kier molecular flexibility index (Phi) is 6.18. The van der Waals surface area contributed by atoms with E-state index < -0.39 is 0 Å². The maximum Gasteiger partial charge on any atom is 0.120 e. The number of hydrogen-bond donors (Lipinski definition) is 0. The van der Waals surface area contributed by atoms with E-state index in [9.17, 15) is 0 Å². The van der Waals surface area contributed by atoms with Crippen molar-refractivity contribution in [2.24, 2.45) is 5.41 Å². The average Bonchev–Trinajstić information content (AvgIpc) is 3.23. The second-order valence-corrected chi connectivity index (χ2v) is 10.4. The molecular formula is C26H34OS. The molecule has 0 N–H and O–H groups in total. The molecule has 2 aromatic rings. The maximum absolute atomic E-state index is 6.71. The molecule has 0 bridgehead atoms. The van der Waals surface area contributed by atoms with E-state index in [1.54, 1.807) is 0 Å². The summed E-state index contributed by atoms with van der Waals surface area (Å²) in [5.41, 5.74) is 3.10. The van der Waals surface area contributed by atoms with Gasteiger partial charge in [-0.15, -0.1) is 11.8 Å². The predicted molar refractivity (Wildman–Crippen MR) is 121 cm³/mol. The highest BCUT2D eigenvalue weighted by Crippen LogP contribution is 2.68. The van der Waals surface area contributed by atoms with Crippen LogP contribution >= 0.6 is 11.8 Å². The molecule has 3 atom stereocenters. The second kappa shape index (κ2) is 8.63. The van der Waals surface area contributed by atoms with Crippen molar-refractivity contribution in [1.82, 2.24) is 0 Å². The highest BCUT2D eigenvalue weighted by molar-refractivity contribution is 8.01. The fourth-order valence-corrected chi connectivity index (χ4v) is 7.63. The molecule has 1 saturated carbocycles. The Balaban J connectivity index is 1.75. The van der Waals surface area contributed by atoms with Gasteiger partial charge in [0.15, 0.2) is 0 Å². The highest BCUT2D eigenvalue weighted by atomic mass is 32.2. The van der Waals surface area contributed by atoms with Crippen molar-refractivity contribution in [2.75, 3.05) is 6.61 Å². The number of unbranched alkanes of at least 4 members (excludes halogenated alkanes) is 1. The number of thioether (sulfide) groups is 1. The van der Waals surface area contributed by atoms with Gasteiger partial charge in [-0.3, -0.25) is 0 Å². The fourth-order valence-electron chi connectivity index (χ4n) is 5.72. The first-order valence-corrected chi connectivity index (χ1v) is 12.0. The Morgan fingerprint density at radius 3 is 2.18 bits per heavy atom. The molecule has 0 spiro atoms. The van der Waals surface area contributed by atoms with Crippen molar-refractivity contribution in [1.29, 1.82) is 0 Å². The van der Waals surface area contributed by atoms with Crippen molar-refractivity contribution in [3.05, 3.63) is 71.8 Å². The summed E-state index contributed by atoms with van der Waals surface area (Å²) in [6.45, 7) is 5.62. The van der Waals surface area contributed by atoms with Gasteiger partial charge < -0.3 is 4.74 Å². The molecule has 1 heterocycles. The molecule has 1 saturated heterocycles. The Hall–Kier alpha value is -1.25. The highest BCUT2D eigenvalue weighted by Gasteiger charge is 2.63. The van der Waals surface area contributed by atoms with Gasteiger partial charge in [0, 0.05) is 23.2 Å². The van der Waals surface area contributed by atoms with Crippen LogP contribution in [0.15, 0.2) is 60.7 Å². The zero-order valence-electron chi connectivity index (χ0n) is 17.4. The Morgan fingerprint density at radius 2 is 1.57 bits per heavy atom. The summed E-state index contributed by atoms with van der Waals surface area (Å²) >= 11 is 2.16. The Labute approximate surface area is 175 Å². The van der Waals surface area contributed by atoms with Gasteiger partial charge >= 0.3 is 0 Å². The van der Waals surface area contributed by atoms with Gasteiger partial charge in [-0.25, -0.2) is 0 Å². The maximum atomic E-state index is 6.71. The van der Waals surface area contributed by atoms with Gasteiger partial charge in [-0.05, 0) is 43.2 Å². The van der Waals surface area contributed by atoms with E-state index in [2.05, 4.69) is 86.3 Å². The van der Waals surface area contributed by atoms with E-state index in [1.807, 2.05) is 0 Å². The molecule has 2 fully saturated rings. The molecule has 2 aliphatic rings. The first-order valence-electron chi connectivity index (χ1n) is 11.1. The lowest BCUT2D eigenvalue weighted by Crippen LogP contribution is -2.43. The Bertz CT molecular complexity index is 692. The van der Waals surface area contributed by atoms with Crippen molar-refractivity contribution < 1.29 is 4.74 Å². The van der Waals surface area contributed by atoms with Crippen LogP contribution in [0, 0.1) is 5.41 Å². The van der Waals surface area contributed by atoms with Crippen molar-refractivity contribution >= 4 is 11.8 Å². The van der Waals surface area contributed by atoms with E-state index in [0.717, 1.165) is 6.61 Å². The molecule has 150 valence electrons. The molecule has 0 aromatic heterocycles. The van der Waals surface area contributed by atoms with Gasteiger partial charge in [0.2, 0.25) is 0 Å². The zero-order valence-corrected chi connectivity index (χ0v) is 18.2. The topological polar surface area (TPSA) is 9.23 Å². The van der Waals surface area contributed by atoms with Crippen LogP contribution in [-0.4, -0.2) is 16.8 Å². The fraction of sp³-hybridized carbons (Fsp3) is 0.538. The molecule has 2 aromatic carbocycles. The summed E-state index contributed by atoms with van der Waals surface area (Å²) < 4.78 is 6.71.